The molecule has 35 heavy (non-hydrogen) atoms. The van der Waals surface area contributed by atoms with E-state index in [1.54, 1.807) is 0 Å². The Labute approximate surface area is 212 Å². The summed E-state index contributed by atoms with van der Waals surface area (Å²) in [6, 6.07) is 6.86. The zero-order valence-electron chi connectivity index (χ0n) is 21.6. The van der Waals surface area contributed by atoms with Crippen LogP contribution in [0, 0.1) is 19.3 Å². The van der Waals surface area contributed by atoms with E-state index in [-0.39, 0.29) is 12.0 Å². The average Bonchev–Trinajstić information content (AvgIpc) is 3.16. The van der Waals surface area contributed by atoms with Crippen LogP contribution in [0.4, 0.5) is 0 Å². The first-order chi connectivity index (χ1) is 16.4. The summed E-state index contributed by atoms with van der Waals surface area (Å²) in [4.78, 5) is 25.1. The average molecular weight is 506 g/mol. The number of aliphatic carboxylic acids is 1. The van der Waals surface area contributed by atoms with Crippen molar-refractivity contribution in [2.75, 3.05) is 13.2 Å². The van der Waals surface area contributed by atoms with Crippen molar-refractivity contribution >= 4 is 23.2 Å². The summed E-state index contributed by atoms with van der Waals surface area (Å²) in [6.07, 6.45) is 2.13. The Kier molecular flexibility index (Phi) is 10.3. The third-order valence-electron chi connectivity index (χ3n) is 6.26. The molecule has 1 amide bonds. The van der Waals surface area contributed by atoms with Gasteiger partial charge in [-0.05, 0) is 73.3 Å². The monoisotopic (exact) mass is 505 g/mol. The van der Waals surface area contributed by atoms with Crippen molar-refractivity contribution < 1.29 is 29.6 Å². The van der Waals surface area contributed by atoms with E-state index in [2.05, 4.69) is 24.4 Å². The number of carbonyl (C=O) groups is 2. The van der Waals surface area contributed by atoms with Gasteiger partial charge in [0.15, 0.2) is 6.04 Å². The fourth-order valence-electron chi connectivity index (χ4n) is 3.74. The van der Waals surface area contributed by atoms with E-state index >= 15 is 0 Å². The molecule has 194 valence electrons. The molecule has 0 spiro atoms. The topological polar surface area (TPSA) is 116 Å². The van der Waals surface area contributed by atoms with Crippen LogP contribution in [0.15, 0.2) is 24.3 Å². The summed E-state index contributed by atoms with van der Waals surface area (Å²) in [5, 5.41) is 30.8. The predicted molar refractivity (Wildman–Crippen MR) is 139 cm³/mol. The van der Waals surface area contributed by atoms with Crippen LogP contribution in [0.1, 0.15) is 77.7 Å². The van der Waals surface area contributed by atoms with Gasteiger partial charge >= 0.3 is 5.97 Å². The van der Waals surface area contributed by atoms with Crippen molar-refractivity contribution in [1.82, 2.24) is 5.32 Å². The molecule has 1 aromatic heterocycles. The lowest BCUT2D eigenvalue weighted by Crippen LogP contribution is -2.43. The molecule has 0 radical (unpaired) electrons. The van der Waals surface area contributed by atoms with Gasteiger partial charge in [-0.2, -0.15) is 0 Å². The normalized spacial score (nSPS) is 14.3. The second-order valence-corrected chi connectivity index (χ2v) is 11.3. The number of aryl methyl sites for hydroxylation is 3. The van der Waals surface area contributed by atoms with Crippen LogP contribution in [0.3, 0.4) is 0 Å². The number of benzene rings is 1. The number of hydrogen-bond donors (Lipinski definition) is 4. The lowest BCUT2D eigenvalue weighted by molar-refractivity contribution is -0.140. The van der Waals surface area contributed by atoms with Crippen LogP contribution in [0.25, 0.3) is 0 Å². The molecule has 0 fully saturated rings. The fourth-order valence-corrected chi connectivity index (χ4v) is 4.83. The van der Waals surface area contributed by atoms with Crippen LogP contribution in [0.5, 0.6) is 5.75 Å². The first-order valence-corrected chi connectivity index (χ1v) is 12.8. The van der Waals surface area contributed by atoms with Gasteiger partial charge in [-0.1, -0.05) is 39.8 Å². The summed E-state index contributed by atoms with van der Waals surface area (Å²) in [7, 11) is 0. The third kappa shape index (κ3) is 8.05. The van der Waals surface area contributed by atoms with Gasteiger partial charge in [-0.3, -0.25) is 4.79 Å². The minimum atomic E-state index is -1.32. The molecule has 4 N–H and O–H groups in total. The number of aliphatic hydroxyl groups excluding tert-OH is 2. The summed E-state index contributed by atoms with van der Waals surface area (Å²) in [6.45, 7) is 11.5. The summed E-state index contributed by atoms with van der Waals surface area (Å²) >= 11 is 1.37. The van der Waals surface area contributed by atoms with Crippen LogP contribution in [-0.2, 0) is 11.2 Å². The quantitative estimate of drug-likeness (QED) is 0.339. The Morgan fingerprint density at radius 2 is 1.83 bits per heavy atom. The summed E-state index contributed by atoms with van der Waals surface area (Å²) < 4.78 is 5.87. The Balaban J connectivity index is 2.03. The molecule has 1 aromatic carbocycles. The van der Waals surface area contributed by atoms with E-state index in [0.717, 1.165) is 41.0 Å². The Morgan fingerprint density at radius 1 is 1.14 bits per heavy atom. The number of amides is 1. The van der Waals surface area contributed by atoms with E-state index in [1.807, 2.05) is 46.8 Å². The van der Waals surface area contributed by atoms with Gasteiger partial charge in [0.2, 0.25) is 0 Å². The number of carbonyl (C=O) groups excluding carboxylic acids is 1. The van der Waals surface area contributed by atoms with Crippen LogP contribution in [0.2, 0.25) is 0 Å². The van der Waals surface area contributed by atoms with Gasteiger partial charge in [0.25, 0.3) is 5.91 Å². The van der Waals surface area contributed by atoms with Crippen molar-refractivity contribution in [3.63, 3.8) is 0 Å². The SMILES string of the molecule is CCC(CCc1cc(C)c(C(=O)NC(CO)C(=O)O)s1)c1ccc(OCC(O)C(C)(C)C)c(C)c1. The number of carboxylic acid groups (broad SMARTS) is 1. The Morgan fingerprint density at radius 3 is 2.37 bits per heavy atom. The summed E-state index contributed by atoms with van der Waals surface area (Å²) in [5.41, 5.74) is 2.82. The van der Waals surface area contributed by atoms with Gasteiger partial charge in [0.1, 0.15) is 12.4 Å². The molecule has 0 saturated carbocycles. The maximum absolute atomic E-state index is 12.5. The largest absolute Gasteiger partial charge is 0.491 e. The molecule has 2 aromatic rings. The van der Waals surface area contributed by atoms with Crippen molar-refractivity contribution in [3.05, 3.63) is 50.7 Å². The highest BCUT2D eigenvalue weighted by Gasteiger charge is 2.24. The van der Waals surface area contributed by atoms with Crippen molar-refractivity contribution in [1.29, 1.82) is 0 Å². The molecule has 3 atom stereocenters. The smallest absolute Gasteiger partial charge is 0.328 e. The highest BCUT2D eigenvalue weighted by Crippen LogP contribution is 2.32. The number of carboxylic acids is 1. The molecular weight excluding hydrogens is 466 g/mol. The number of rotatable bonds is 12. The van der Waals surface area contributed by atoms with Crippen LogP contribution < -0.4 is 10.1 Å². The third-order valence-corrected chi connectivity index (χ3v) is 7.56. The van der Waals surface area contributed by atoms with Gasteiger partial charge in [-0.15, -0.1) is 11.3 Å². The van der Waals surface area contributed by atoms with Gasteiger partial charge < -0.3 is 25.4 Å². The van der Waals surface area contributed by atoms with Crippen molar-refractivity contribution in [3.8, 4) is 5.75 Å². The first kappa shape index (κ1) is 28.8. The highest BCUT2D eigenvalue weighted by molar-refractivity contribution is 7.14. The van der Waals surface area contributed by atoms with Gasteiger partial charge in [0.05, 0.1) is 17.6 Å². The molecule has 0 saturated heterocycles. The minimum Gasteiger partial charge on any atom is -0.491 e. The molecular formula is C27H39NO6S. The number of hydrogen-bond acceptors (Lipinski definition) is 6. The van der Waals surface area contributed by atoms with E-state index in [0.29, 0.717) is 10.8 Å². The number of aliphatic hydroxyl groups is 2. The van der Waals surface area contributed by atoms with Crippen LogP contribution in [-0.4, -0.2) is 52.6 Å². The lowest BCUT2D eigenvalue weighted by atomic mass is 9.89. The number of nitrogens with one attached hydrogen (secondary N) is 1. The van der Waals surface area contributed by atoms with E-state index in [9.17, 15) is 14.7 Å². The molecule has 1 heterocycles. The molecule has 2 rings (SSSR count). The van der Waals surface area contributed by atoms with E-state index < -0.39 is 30.6 Å². The second kappa shape index (κ2) is 12.5. The standard InChI is InChI=1S/C27H39NO6S/c1-7-18(19-9-11-22(16(2)12-19)34-15-23(30)27(4,5)6)8-10-20-13-17(3)24(35-20)25(31)28-21(14-29)26(32)33/h9,11-13,18,21,23,29-30H,7-8,10,14-15H2,1-6H3,(H,28,31)(H,32,33). The number of thiophene rings is 1. The van der Waals surface area contributed by atoms with E-state index in [4.69, 9.17) is 14.9 Å². The zero-order valence-corrected chi connectivity index (χ0v) is 22.4. The van der Waals surface area contributed by atoms with Gasteiger partial charge in [-0.25, -0.2) is 4.79 Å². The molecule has 0 aliphatic rings. The summed E-state index contributed by atoms with van der Waals surface area (Å²) in [5.74, 6) is -0.624. The Bertz CT molecular complexity index is 1010. The fraction of sp³-hybridized carbons (Fsp3) is 0.556. The predicted octanol–water partition coefficient (Wildman–Crippen LogP) is 4.45. The maximum Gasteiger partial charge on any atom is 0.328 e. The van der Waals surface area contributed by atoms with Gasteiger partial charge in [0, 0.05) is 4.88 Å². The zero-order chi connectivity index (χ0) is 26.3. The van der Waals surface area contributed by atoms with E-state index in [1.165, 1.54) is 16.9 Å². The van der Waals surface area contributed by atoms with Crippen LogP contribution >= 0.6 is 11.3 Å². The maximum atomic E-state index is 12.5. The molecule has 0 aliphatic carbocycles. The second-order valence-electron chi connectivity index (χ2n) is 10.1. The minimum absolute atomic E-state index is 0.237. The van der Waals surface area contributed by atoms with Crippen molar-refractivity contribution in [2.45, 2.75) is 78.9 Å². The first-order valence-electron chi connectivity index (χ1n) is 12.0. The number of ether oxygens (including phenoxy) is 1. The molecule has 8 heteroatoms. The molecule has 3 unspecified atom stereocenters. The molecule has 0 bridgehead atoms. The van der Waals surface area contributed by atoms with Crippen molar-refractivity contribution in [2.24, 2.45) is 5.41 Å². The Hall–Kier alpha value is -2.42. The highest BCUT2D eigenvalue weighted by atomic mass is 32.1. The molecule has 7 nitrogen and oxygen atoms in total. The lowest BCUT2D eigenvalue weighted by Gasteiger charge is -2.26. The molecule has 0 aliphatic heterocycles.